The standard InChI is InChI=1S/C13H15N3O2/c17-12(8-18-7-9-5-6-9)16-13-14-10-3-1-2-4-11(10)15-13/h1-4,9H,5-8H2,(H2,14,15,16,17). The van der Waals surface area contributed by atoms with E-state index in [0.29, 0.717) is 18.5 Å². The lowest BCUT2D eigenvalue weighted by atomic mass is 10.3. The van der Waals surface area contributed by atoms with E-state index in [2.05, 4.69) is 15.3 Å². The van der Waals surface area contributed by atoms with Gasteiger partial charge in [-0.15, -0.1) is 0 Å². The second-order valence-corrected chi connectivity index (χ2v) is 4.61. The van der Waals surface area contributed by atoms with Gasteiger partial charge in [-0.1, -0.05) is 12.1 Å². The number of nitrogens with one attached hydrogen (secondary N) is 2. The lowest BCUT2D eigenvalue weighted by Crippen LogP contribution is -2.19. The number of benzene rings is 1. The molecule has 1 saturated carbocycles. The Kier molecular flexibility index (Phi) is 2.98. The summed E-state index contributed by atoms with van der Waals surface area (Å²) in [5.74, 6) is 0.968. The first kappa shape index (κ1) is 11.2. The van der Waals surface area contributed by atoms with Crippen LogP contribution in [-0.4, -0.2) is 29.1 Å². The highest BCUT2D eigenvalue weighted by molar-refractivity contribution is 5.91. The molecule has 1 amide bonds. The smallest absolute Gasteiger partial charge is 0.252 e. The van der Waals surface area contributed by atoms with Gasteiger partial charge in [0.2, 0.25) is 5.95 Å². The van der Waals surface area contributed by atoms with Gasteiger partial charge in [-0.2, -0.15) is 0 Å². The summed E-state index contributed by atoms with van der Waals surface area (Å²) in [7, 11) is 0. The molecule has 94 valence electrons. The summed E-state index contributed by atoms with van der Waals surface area (Å²) in [5.41, 5.74) is 1.75. The summed E-state index contributed by atoms with van der Waals surface area (Å²) in [6.07, 6.45) is 2.45. The van der Waals surface area contributed by atoms with Crippen LogP contribution >= 0.6 is 0 Å². The highest BCUT2D eigenvalue weighted by atomic mass is 16.5. The minimum atomic E-state index is -0.172. The average Bonchev–Trinajstić information content (AvgIpc) is 3.08. The van der Waals surface area contributed by atoms with Crippen LogP contribution < -0.4 is 5.32 Å². The molecule has 1 fully saturated rings. The first-order chi connectivity index (χ1) is 8.81. The van der Waals surface area contributed by atoms with E-state index in [-0.39, 0.29) is 12.5 Å². The second kappa shape index (κ2) is 4.78. The Morgan fingerprint density at radius 2 is 2.28 bits per heavy atom. The maximum atomic E-state index is 11.6. The molecule has 0 unspecified atom stereocenters. The van der Waals surface area contributed by atoms with Crippen LogP contribution in [0.2, 0.25) is 0 Å². The minimum Gasteiger partial charge on any atom is -0.371 e. The third-order valence-electron chi connectivity index (χ3n) is 2.93. The fraction of sp³-hybridized carbons (Fsp3) is 0.385. The number of amides is 1. The number of fused-ring (bicyclic) bond motifs is 1. The molecule has 0 radical (unpaired) electrons. The summed E-state index contributed by atoms with van der Waals surface area (Å²) >= 11 is 0. The van der Waals surface area contributed by atoms with E-state index < -0.39 is 0 Å². The van der Waals surface area contributed by atoms with Gasteiger partial charge in [0.05, 0.1) is 17.6 Å². The van der Waals surface area contributed by atoms with Crippen molar-refractivity contribution in [1.29, 1.82) is 0 Å². The second-order valence-electron chi connectivity index (χ2n) is 4.61. The Labute approximate surface area is 105 Å². The maximum absolute atomic E-state index is 11.6. The van der Waals surface area contributed by atoms with Gasteiger partial charge in [0.1, 0.15) is 6.61 Å². The monoisotopic (exact) mass is 245 g/mol. The third-order valence-corrected chi connectivity index (χ3v) is 2.93. The number of nitrogens with zero attached hydrogens (tertiary/aromatic N) is 1. The van der Waals surface area contributed by atoms with Crippen molar-refractivity contribution in [1.82, 2.24) is 9.97 Å². The van der Waals surface area contributed by atoms with E-state index in [1.165, 1.54) is 12.8 Å². The maximum Gasteiger partial charge on any atom is 0.252 e. The van der Waals surface area contributed by atoms with Gasteiger partial charge in [0.15, 0.2) is 0 Å². The van der Waals surface area contributed by atoms with Gasteiger partial charge in [0, 0.05) is 0 Å². The predicted octanol–water partition coefficient (Wildman–Crippen LogP) is 1.93. The van der Waals surface area contributed by atoms with E-state index in [9.17, 15) is 4.79 Å². The fourth-order valence-corrected chi connectivity index (χ4v) is 1.78. The molecule has 2 N–H and O–H groups in total. The minimum absolute atomic E-state index is 0.0908. The first-order valence-electron chi connectivity index (χ1n) is 6.13. The Morgan fingerprint density at radius 3 is 3.06 bits per heavy atom. The number of ether oxygens (including phenoxy) is 1. The van der Waals surface area contributed by atoms with Gasteiger partial charge in [-0.3, -0.25) is 10.1 Å². The highest BCUT2D eigenvalue weighted by Crippen LogP contribution is 2.28. The summed E-state index contributed by atoms with van der Waals surface area (Å²) in [6, 6.07) is 7.64. The molecule has 1 aliphatic carbocycles. The van der Waals surface area contributed by atoms with Gasteiger partial charge in [0.25, 0.3) is 5.91 Å². The molecule has 0 spiro atoms. The molecule has 1 aromatic carbocycles. The average molecular weight is 245 g/mol. The van der Waals surface area contributed by atoms with Crippen molar-refractivity contribution in [3.05, 3.63) is 24.3 Å². The van der Waals surface area contributed by atoms with Crippen molar-refractivity contribution >= 4 is 22.9 Å². The number of hydrogen-bond donors (Lipinski definition) is 2. The normalized spacial score (nSPS) is 14.9. The van der Waals surface area contributed by atoms with Gasteiger partial charge >= 0.3 is 0 Å². The Bertz CT molecular complexity index is 527. The molecule has 0 atom stereocenters. The van der Waals surface area contributed by atoms with Gasteiger partial charge < -0.3 is 9.72 Å². The number of H-pyrrole nitrogens is 1. The number of para-hydroxylation sites is 2. The number of hydrogen-bond acceptors (Lipinski definition) is 3. The zero-order valence-electron chi connectivity index (χ0n) is 9.98. The summed E-state index contributed by atoms with van der Waals surface area (Å²) in [5, 5.41) is 2.69. The molecule has 1 aliphatic rings. The lowest BCUT2D eigenvalue weighted by Gasteiger charge is -2.02. The molecular weight excluding hydrogens is 230 g/mol. The van der Waals surface area contributed by atoms with Crippen LogP contribution in [0.15, 0.2) is 24.3 Å². The molecule has 5 heteroatoms. The fourth-order valence-electron chi connectivity index (χ4n) is 1.78. The van der Waals surface area contributed by atoms with Crippen molar-refractivity contribution < 1.29 is 9.53 Å². The van der Waals surface area contributed by atoms with Crippen molar-refractivity contribution in [3.63, 3.8) is 0 Å². The van der Waals surface area contributed by atoms with E-state index in [1.807, 2.05) is 24.3 Å². The number of anilines is 1. The molecule has 2 aromatic rings. The predicted molar refractivity (Wildman–Crippen MR) is 68.3 cm³/mol. The zero-order chi connectivity index (χ0) is 12.4. The number of rotatable bonds is 5. The van der Waals surface area contributed by atoms with E-state index in [4.69, 9.17) is 4.74 Å². The Morgan fingerprint density at radius 1 is 1.44 bits per heavy atom. The highest BCUT2D eigenvalue weighted by Gasteiger charge is 2.21. The van der Waals surface area contributed by atoms with Crippen LogP contribution in [0.3, 0.4) is 0 Å². The molecule has 1 aromatic heterocycles. The Hall–Kier alpha value is -1.88. The molecule has 0 saturated heterocycles. The number of carbonyl (C=O) groups excluding carboxylic acids is 1. The molecule has 3 rings (SSSR count). The van der Waals surface area contributed by atoms with E-state index >= 15 is 0 Å². The number of aromatic nitrogens is 2. The Balaban J connectivity index is 1.55. The summed E-state index contributed by atoms with van der Waals surface area (Å²) < 4.78 is 5.31. The topological polar surface area (TPSA) is 67.0 Å². The van der Waals surface area contributed by atoms with Crippen LogP contribution in [0.25, 0.3) is 11.0 Å². The van der Waals surface area contributed by atoms with Gasteiger partial charge in [-0.05, 0) is 30.9 Å². The van der Waals surface area contributed by atoms with Crippen molar-refractivity contribution in [3.8, 4) is 0 Å². The zero-order valence-corrected chi connectivity index (χ0v) is 9.98. The van der Waals surface area contributed by atoms with Crippen molar-refractivity contribution in [2.45, 2.75) is 12.8 Å². The molecule has 1 heterocycles. The number of carbonyl (C=O) groups is 1. The molecule has 0 bridgehead atoms. The number of imidazole rings is 1. The third kappa shape index (κ3) is 2.68. The van der Waals surface area contributed by atoms with Crippen LogP contribution in [0, 0.1) is 5.92 Å². The van der Waals surface area contributed by atoms with Crippen LogP contribution in [0.5, 0.6) is 0 Å². The largest absolute Gasteiger partial charge is 0.371 e. The SMILES string of the molecule is O=C(COCC1CC1)Nc1nc2ccccc2[nH]1. The van der Waals surface area contributed by atoms with Crippen LogP contribution in [0.1, 0.15) is 12.8 Å². The molecular formula is C13H15N3O2. The quantitative estimate of drug-likeness (QED) is 0.845. The summed E-state index contributed by atoms with van der Waals surface area (Å²) in [6.45, 7) is 0.779. The van der Waals surface area contributed by atoms with Crippen molar-refractivity contribution in [2.24, 2.45) is 5.92 Å². The van der Waals surface area contributed by atoms with Crippen LogP contribution in [-0.2, 0) is 9.53 Å². The van der Waals surface area contributed by atoms with Crippen LogP contribution in [0.4, 0.5) is 5.95 Å². The molecule has 18 heavy (non-hydrogen) atoms. The van der Waals surface area contributed by atoms with Gasteiger partial charge in [-0.25, -0.2) is 4.98 Å². The summed E-state index contributed by atoms with van der Waals surface area (Å²) in [4.78, 5) is 18.9. The van der Waals surface area contributed by atoms with Crippen molar-refractivity contribution in [2.75, 3.05) is 18.5 Å². The number of aromatic amines is 1. The molecule has 5 nitrogen and oxygen atoms in total. The van der Waals surface area contributed by atoms with E-state index in [0.717, 1.165) is 11.0 Å². The first-order valence-corrected chi connectivity index (χ1v) is 6.13. The lowest BCUT2D eigenvalue weighted by molar-refractivity contribution is -0.120. The molecule has 0 aliphatic heterocycles. The van der Waals surface area contributed by atoms with E-state index in [1.54, 1.807) is 0 Å².